The molecule has 0 radical (unpaired) electrons. The second-order valence-corrected chi connectivity index (χ2v) is 5.90. The van der Waals surface area contributed by atoms with Crippen molar-refractivity contribution in [1.82, 2.24) is 19.7 Å². The third-order valence-corrected chi connectivity index (χ3v) is 3.90. The number of carbonyl (C=O) groups is 1. The highest BCUT2D eigenvalue weighted by molar-refractivity contribution is 7.98. The van der Waals surface area contributed by atoms with Crippen molar-refractivity contribution in [2.45, 2.75) is 31.5 Å². The minimum atomic E-state index is 0.00584. The van der Waals surface area contributed by atoms with Crippen molar-refractivity contribution in [3.8, 4) is 0 Å². The van der Waals surface area contributed by atoms with Gasteiger partial charge in [-0.2, -0.15) is 5.10 Å². The predicted molar refractivity (Wildman–Crippen MR) is 84.2 cm³/mol. The minimum Gasteiger partial charge on any atom is -0.332 e. The standard InChI is InChI=1S/C15H20N4OS/c1-11(2)19(10-12-8-17-18(3)9-12)15(20)13-6-5-7-16-14(13)21-4/h5-9,11H,10H2,1-4H3. The van der Waals surface area contributed by atoms with Crippen LogP contribution in [0, 0.1) is 0 Å². The van der Waals surface area contributed by atoms with Crippen LogP contribution in [0.1, 0.15) is 29.8 Å². The van der Waals surface area contributed by atoms with Gasteiger partial charge < -0.3 is 4.90 Å². The molecule has 0 fully saturated rings. The molecule has 6 heteroatoms. The Hall–Kier alpha value is -1.82. The average Bonchev–Trinajstić information content (AvgIpc) is 2.89. The number of pyridine rings is 1. The summed E-state index contributed by atoms with van der Waals surface area (Å²) in [5, 5.41) is 4.92. The van der Waals surface area contributed by atoms with Crippen molar-refractivity contribution in [3.63, 3.8) is 0 Å². The highest BCUT2D eigenvalue weighted by atomic mass is 32.2. The molecule has 2 rings (SSSR count). The molecule has 2 heterocycles. The van der Waals surface area contributed by atoms with Gasteiger partial charge in [-0.25, -0.2) is 4.98 Å². The summed E-state index contributed by atoms with van der Waals surface area (Å²) in [5.74, 6) is 0.00584. The van der Waals surface area contributed by atoms with Crippen molar-refractivity contribution in [1.29, 1.82) is 0 Å². The maximum absolute atomic E-state index is 12.8. The second kappa shape index (κ2) is 6.76. The normalized spacial score (nSPS) is 10.9. The third-order valence-electron chi connectivity index (χ3n) is 3.19. The predicted octanol–water partition coefficient (Wildman–Crippen LogP) is 2.59. The Kier molecular flexibility index (Phi) is 5.01. The Labute approximate surface area is 129 Å². The molecule has 0 saturated heterocycles. The van der Waals surface area contributed by atoms with E-state index in [-0.39, 0.29) is 11.9 Å². The first-order valence-electron chi connectivity index (χ1n) is 6.80. The highest BCUT2D eigenvalue weighted by Crippen LogP contribution is 2.20. The van der Waals surface area contributed by atoms with Gasteiger partial charge in [0.05, 0.1) is 11.8 Å². The third kappa shape index (κ3) is 3.64. The van der Waals surface area contributed by atoms with Gasteiger partial charge in [-0.15, -0.1) is 11.8 Å². The van der Waals surface area contributed by atoms with Crippen molar-refractivity contribution < 1.29 is 4.79 Å². The molecule has 0 aliphatic carbocycles. The van der Waals surface area contributed by atoms with E-state index in [2.05, 4.69) is 10.1 Å². The molecule has 2 aromatic rings. The van der Waals surface area contributed by atoms with E-state index in [0.29, 0.717) is 12.1 Å². The van der Waals surface area contributed by atoms with E-state index in [0.717, 1.165) is 10.6 Å². The van der Waals surface area contributed by atoms with E-state index >= 15 is 0 Å². The van der Waals surface area contributed by atoms with E-state index in [1.807, 2.05) is 44.3 Å². The average molecular weight is 304 g/mol. The second-order valence-electron chi connectivity index (χ2n) is 5.11. The molecule has 21 heavy (non-hydrogen) atoms. The maximum Gasteiger partial charge on any atom is 0.257 e. The van der Waals surface area contributed by atoms with Crippen LogP contribution in [-0.4, -0.2) is 37.9 Å². The summed E-state index contributed by atoms with van der Waals surface area (Å²) >= 11 is 1.49. The first kappa shape index (κ1) is 15.6. The number of aryl methyl sites for hydroxylation is 1. The highest BCUT2D eigenvalue weighted by Gasteiger charge is 2.22. The number of rotatable bonds is 5. The molecular formula is C15H20N4OS. The molecule has 2 aromatic heterocycles. The molecule has 5 nitrogen and oxygen atoms in total. The summed E-state index contributed by atoms with van der Waals surface area (Å²) in [5.41, 5.74) is 1.68. The number of thioether (sulfide) groups is 1. The molecular weight excluding hydrogens is 284 g/mol. The molecule has 0 bridgehead atoms. The molecule has 0 aliphatic heterocycles. The van der Waals surface area contributed by atoms with Gasteiger partial charge in [0, 0.05) is 37.6 Å². The Morgan fingerprint density at radius 1 is 1.48 bits per heavy atom. The topological polar surface area (TPSA) is 51.0 Å². The zero-order valence-electron chi connectivity index (χ0n) is 12.8. The number of hydrogen-bond donors (Lipinski definition) is 0. The molecule has 0 aromatic carbocycles. The zero-order chi connectivity index (χ0) is 15.4. The van der Waals surface area contributed by atoms with Gasteiger partial charge in [0.2, 0.25) is 0 Å². The summed E-state index contributed by atoms with van der Waals surface area (Å²) in [4.78, 5) is 18.9. The Balaban J connectivity index is 2.27. The van der Waals surface area contributed by atoms with Crippen molar-refractivity contribution in [2.75, 3.05) is 6.26 Å². The molecule has 112 valence electrons. The number of amides is 1. The van der Waals surface area contributed by atoms with Gasteiger partial charge in [-0.3, -0.25) is 9.48 Å². The van der Waals surface area contributed by atoms with Crippen LogP contribution < -0.4 is 0 Å². The lowest BCUT2D eigenvalue weighted by atomic mass is 10.2. The quantitative estimate of drug-likeness (QED) is 0.797. The summed E-state index contributed by atoms with van der Waals surface area (Å²) < 4.78 is 1.75. The lowest BCUT2D eigenvalue weighted by Gasteiger charge is -2.26. The molecule has 0 atom stereocenters. The fourth-order valence-corrected chi connectivity index (χ4v) is 2.65. The molecule has 0 saturated carbocycles. The van der Waals surface area contributed by atoms with Crippen LogP contribution in [0.25, 0.3) is 0 Å². The molecule has 0 spiro atoms. The van der Waals surface area contributed by atoms with E-state index in [1.54, 1.807) is 23.1 Å². The molecule has 0 unspecified atom stereocenters. The van der Waals surface area contributed by atoms with Gasteiger partial charge in [-0.05, 0) is 32.2 Å². The smallest absolute Gasteiger partial charge is 0.257 e. The number of carbonyl (C=O) groups excluding carboxylic acids is 1. The fraction of sp³-hybridized carbons (Fsp3) is 0.400. The van der Waals surface area contributed by atoms with Crippen LogP contribution in [0.3, 0.4) is 0 Å². The Morgan fingerprint density at radius 3 is 2.81 bits per heavy atom. The molecule has 0 aliphatic rings. The zero-order valence-corrected chi connectivity index (χ0v) is 13.6. The van der Waals surface area contributed by atoms with Crippen LogP contribution >= 0.6 is 11.8 Å². The van der Waals surface area contributed by atoms with Crippen LogP contribution in [0.2, 0.25) is 0 Å². The SMILES string of the molecule is CSc1ncccc1C(=O)N(Cc1cnn(C)c1)C(C)C. The van der Waals surface area contributed by atoms with Gasteiger partial charge >= 0.3 is 0 Å². The number of aromatic nitrogens is 3. The van der Waals surface area contributed by atoms with Crippen LogP contribution in [0.4, 0.5) is 0 Å². The van der Waals surface area contributed by atoms with Gasteiger partial charge in [-0.1, -0.05) is 0 Å². The summed E-state index contributed by atoms with van der Waals surface area (Å²) in [6.07, 6.45) is 7.37. The Morgan fingerprint density at radius 2 is 2.24 bits per heavy atom. The molecule has 1 amide bonds. The van der Waals surface area contributed by atoms with Crippen LogP contribution in [-0.2, 0) is 13.6 Å². The van der Waals surface area contributed by atoms with Gasteiger partial charge in [0.25, 0.3) is 5.91 Å². The van der Waals surface area contributed by atoms with Crippen LogP contribution in [0.5, 0.6) is 0 Å². The molecule has 0 N–H and O–H groups in total. The first-order valence-corrected chi connectivity index (χ1v) is 8.03. The lowest BCUT2D eigenvalue weighted by molar-refractivity contribution is 0.0686. The summed E-state index contributed by atoms with van der Waals surface area (Å²) in [6, 6.07) is 3.74. The fourth-order valence-electron chi connectivity index (χ4n) is 2.11. The van der Waals surface area contributed by atoms with Crippen molar-refractivity contribution in [3.05, 3.63) is 41.9 Å². The van der Waals surface area contributed by atoms with E-state index in [4.69, 9.17) is 0 Å². The van der Waals surface area contributed by atoms with E-state index in [1.165, 1.54) is 11.8 Å². The van der Waals surface area contributed by atoms with Gasteiger partial charge in [0.1, 0.15) is 5.03 Å². The summed E-state index contributed by atoms with van der Waals surface area (Å²) in [7, 11) is 1.87. The van der Waals surface area contributed by atoms with Gasteiger partial charge in [0.15, 0.2) is 0 Å². The lowest BCUT2D eigenvalue weighted by Crippen LogP contribution is -2.36. The summed E-state index contributed by atoms with van der Waals surface area (Å²) in [6.45, 7) is 4.58. The first-order chi connectivity index (χ1) is 10.0. The van der Waals surface area contributed by atoms with E-state index in [9.17, 15) is 4.79 Å². The largest absolute Gasteiger partial charge is 0.332 e. The maximum atomic E-state index is 12.8. The monoisotopic (exact) mass is 304 g/mol. The number of hydrogen-bond acceptors (Lipinski definition) is 4. The van der Waals surface area contributed by atoms with Crippen molar-refractivity contribution in [2.24, 2.45) is 7.05 Å². The minimum absolute atomic E-state index is 0.00584. The van der Waals surface area contributed by atoms with E-state index < -0.39 is 0 Å². The van der Waals surface area contributed by atoms with Crippen molar-refractivity contribution >= 4 is 17.7 Å². The number of nitrogens with zero attached hydrogens (tertiary/aromatic N) is 4. The van der Waals surface area contributed by atoms with Crippen LogP contribution in [0.15, 0.2) is 35.7 Å². The Bertz CT molecular complexity index is 624.